The van der Waals surface area contributed by atoms with Crippen molar-refractivity contribution in [3.8, 4) is 0 Å². The Hall–Kier alpha value is -1.27. The van der Waals surface area contributed by atoms with Crippen molar-refractivity contribution in [1.82, 2.24) is 4.72 Å². The number of hydrogen-bond acceptors (Lipinski definition) is 2. The molecule has 172 valence electrons. The Bertz CT molecular complexity index is 737. The quantitative estimate of drug-likeness (QED) is 0.344. The van der Waals surface area contributed by atoms with Crippen LogP contribution in [-0.2, 0) is 15.7 Å². The summed E-state index contributed by atoms with van der Waals surface area (Å²) in [6.45, 7) is 12.1. The van der Waals surface area contributed by atoms with E-state index in [2.05, 4.69) is 79.2 Å². The molecule has 3 nitrogen and oxygen atoms in total. The van der Waals surface area contributed by atoms with Crippen molar-refractivity contribution in [2.24, 2.45) is 0 Å². The van der Waals surface area contributed by atoms with E-state index in [0.29, 0.717) is 0 Å². The van der Waals surface area contributed by atoms with E-state index >= 15 is 0 Å². The lowest BCUT2D eigenvalue weighted by Crippen LogP contribution is -2.71. The van der Waals surface area contributed by atoms with E-state index in [4.69, 9.17) is 4.74 Å². The zero-order valence-corrected chi connectivity index (χ0v) is 21.8. The number of ether oxygens (including phenoxy) is 1. The fourth-order valence-corrected chi connectivity index (χ4v) is 10.8. The van der Waals surface area contributed by atoms with Crippen molar-refractivity contribution in [3.63, 3.8) is 0 Å². The highest BCUT2D eigenvalue weighted by atomic mass is 32.2. The fraction of sp³-hybridized carbons (Fsp3) is 0.538. The van der Waals surface area contributed by atoms with Crippen LogP contribution in [-0.4, -0.2) is 35.9 Å². The van der Waals surface area contributed by atoms with Gasteiger partial charge < -0.3 is 4.74 Å². The molecule has 0 heterocycles. The molecule has 5 heteroatoms. The predicted molar refractivity (Wildman–Crippen MR) is 138 cm³/mol. The van der Waals surface area contributed by atoms with Crippen molar-refractivity contribution >= 4 is 29.4 Å². The summed E-state index contributed by atoms with van der Waals surface area (Å²) in [4.78, 5) is 0. The first-order valence-electron chi connectivity index (χ1n) is 11.7. The zero-order valence-electron chi connectivity index (χ0n) is 20.0. The summed E-state index contributed by atoms with van der Waals surface area (Å²) in [5, 5.41) is 2.77. The molecule has 1 N–H and O–H groups in total. The lowest BCUT2D eigenvalue weighted by atomic mass is 10.3. The SMILES string of the molecule is CCCCOCC[Si](c1ccccc1)(c1ccccc1)[C@H](CCC)NS(=O)C(C)(C)C. The predicted octanol–water partition coefficient (Wildman–Crippen LogP) is 4.83. The van der Waals surface area contributed by atoms with Gasteiger partial charge in [-0.25, -0.2) is 8.93 Å². The lowest BCUT2D eigenvalue weighted by molar-refractivity contribution is 0.143. The molecular weight excluding hydrogens is 418 g/mol. The Kier molecular flexibility index (Phi) is 10.6. The topological polar surface area (TPSA) is 38.3 Å². The molecule has 0 aliphatic heterocycles. The van der Waals surface area contributed by atoms with Gasteiger partial charge in [0.2, 0.25) is 0 Å². The largest absolute Gasteiger partial charge is 0.382 e. The summed E-state index contributed by atoms with van der Waals surface area (Å²) < 4.78 is 22.7. The molecular formula is C26H41NO2SSi. The van der Waals surface area contributed by atoms with Gasteiger partial charge in [-0.1, -0.05) is 97.7 Å². The Labute approximate surface area is 193 Å². The van der Waals surface area contributed by atoms with Gasteiger partial charge in [0.1, 0.15) is 8.07 Å². The van der Waals surface area contributed by atoms with E-state index in [1.54, 1.807) is 0 Å². The number of unbranched alkanes of at least 4 members (excludes halogenated alkanes) is 1. The van der Waals surface area contributed by atoms with E-state index in [1.807, 2.05) is 20.8 Å². The van der Waals surface area contributed by atoms with E-state index in [1.165, 1.54) is 10.4 Å². The van der Waals surface area contributed by atoms with Gasteiger partial charge >= 0.3 is 0 Å². The molecule has 2 aromatic rings. The Balaban J connectivity index is 2.57. The van der Waals surface area contributed by atoms with Gasteiger partial charge in [0.15, 0.2) is 0 Å². The van der Waals surface area contributed by atoms with Crippen LogP contribution >= 0.6 is 0 Å². The van der Waals surface area contributed by atoms with Crippen molar-refractivity contribution in [1.29, 1.82) is 0 Å². The van der Waals surface area contributed by atoms with Crippen LogP contribution in [0.4, 0.5) is 0 Å². The minimum atomic E-state index is -2.33. The molecule has 0 fully saturated rings. The molecule has 0 radical (unpaired) electrons. The van der Waals surface area contributed by atoms with Crippen molar-refractivity contribution in [3.05, 3.63) is 60.7 Å². The third kappa shape index (κ3) is 7.11. The molecule has 2 aromatic carbocycles. The van der Waals surface area contributed by atoms with Gasteiger partial charge in [-0.2, -0.15) is 0 Å². The number of benzene rings is 2. The van der Waals surface area contributed by atoms with Crippen LogP contribution in [0.5, 0.6) is 0 Å². The van der Waals surface area contributed by atoms with Crippen molar-refractivity contribution < 1.29 is 8.95 Å². The van der Waals surface area contributed by atoms with Crippen molar-refractivity contribution in [2.45, 2.75) is 76.8 Å². The summed E-state index contributed by atoms with van der Waals surface area (Å²) in [5.41, 5.74) is 0.164. The first-order valence-corrected chi connectivity index (χ1v) is 15.2. The molecule has 1 unspecified atom stereocenters. The average molecular weight is 460 g/mol. The first kappa shape index (κ1) is 26.0. The highest BCUT2D eigenvalue weighted by molar-refractivity contribution is 7.84. The molecule has 0 aromatic heterocycles. The van der Waals surface area contributed by atoms with E-state index in [-0.39, 0.29) is 10.4 Å². The van der Waals surface area contributed by atoms with Crippen LogP contribution < -0.4 is 15.1 Å². The van der Waals surface area contributed by atoms with Crippen molar-refractivity contribution in [2.75, 3.05) is 13.2 Å². The highest BCUT2D eigenvalue weighted by Gasteiger charge is 2.45. The molecule has 0 aliphatic carbocycles. The number of nitrogens with one attached hydrogen (secondary N) is 1. The minimum Gasteiger partial charge on any atom is -0.382 e. The smallest absolute Gasteiger partial charge is 0.137 e. The molecule has 0 spiro atoms. The molecule has 31 heavy (non-hydrogen) atoms. The molecule has 0 saturated carbocycles. The van der Waals surface area contributed by atoms with Gasteiger partial charge in [-0.3, -0.25) is 0 Å². The Morgan fingerprint density at radius 2 is 1.45 bits per heavy atom. The number of hydrogen-bond donors (Lipinski definition) is 1. The van der Waals surface area contributed by atoms with Gasteiger partial charge in [0.05, 0.1) is 15.7 Å². The van der Waals surface area contributed by atoms with Crippen LogP contribution in [0.2, 0.25) is 6.04 Å². The summed E-state index contributed by atoms with van der Waals surface area (Å²) in [5.74, 6) is 0. The van der Waals surface area contributed by atoms with Crippen LogP contribution in [0.1, 0.15) is 60.3 Å². The zero-order chi connectivity index (χ0) is 22.7. The summed E-state index contributed by atoms with van der Waals surface area (Å²) in [6, 6.07) is 22.8. The Morgan fingerprint density at radius 1 is 0.903 bits per heavy atom. The van der Waals surface area contributed by atoms with Gasteiger partial charge in [-0.15, -0.1) is 0 Å². The van der Waals surface area contributed by atoms with Gasteiger partial charge in [-0.05, 0) is 39.7 Å². The fourth-order valence-electron chi connectivity index (χ4n) is 4.09. The standard InChI is InChI=1S/C26H41NO2SSi/c1-6-8-20-29-21-22-31(23-16-11-9-12-17-23,24-18-13-10-14-19-24)25(15-7-2)27-30(28)26(3,4)5/h9-14,16-19,25,27H,6-8,15,20-22H2,1-5H3/t25-,30?/m1/s1. The average Bonchev–Trinajstić information content (AvgIpc) is 2.77. The third-order valence-corrected chi connectivity index (χ3v) is 13.0. The second-order valence-corrected chi connectivity index (χ2v) is 15.6. The highest BCUT2D eigenvalue weighted by Crippen LogP contribution is 2.22. The summed E-state index contributed by atoms with van der Waals surface area (Å²) in [6.07, 6.45) is 4.28. The molecule has 2 rings (SSSR count). The van der Waals surface area contributed by atoms with Gasteiger partial charge in [0.25, 0.3) is 0 Å². The second kappa shape index (κ2) is 12.7. The van der Waals surface area contributed by atoms with Crippen LogP contribution in [0.25, 0.3) is 0 Å². The summed E-state index contributed by atoms with van der Waals surface area (Å²) >= 11 is 0. The molecule has 2 atom stereocenters. The van der Waals surface area contributed by atoms with E-state index in [0.717, 1.165) is 44.9 Å². The second-order valence-electron chi connectivity index (χ2n) is 9.26. The lowest BCUT2D eigenvalue weighted by Gasteiger charge is -2.41. The maximum atomic E-state index is 13.3. The molecule has 0 saturated heterocycles. The maximum absolute atomic E-state index is 13.3. The third-order valence-electron chi connectivity index (χ3n) is 5.84. The van der Waals surface area contributed by atoms with Crippen LogP contribution in [0, 0.1) is 0 Å². The molecule has 0 aliphatic rings. The normalized spacial score (nSPS) is 14.4. The Morgan fingerprint density at radius 3 is 1.90 bits per heavy atom. The van der Waals surface area contributed by atoms with Crippen LogP contribution in [0.3, 0.4) is 0 Å². The number of rotatable bonds is 13. The molecule has 0 amide bonds. The first-order chi connectivity index (χ1) is 14.9. The molecule has 0 bridgehead atoms. The van der Waals surface area contributed by atoms with Gasteiger partial charge in [0, 0.05) is 18.9 Å². The minimum absolute atomic E-state index is 0.164. The monoisotopic (exact) mass is 459 g/mol. The summed E-state index contributed by atoms with van der Waals surface area (Å²) in [7, 11) is -3.46. The van der Waals surface area contributed by atoms with E-state index < -0.39 is 19.1 Å². The van der Waals surface area contributed by atoms with Crippen LogP contribution in [0.15, 0.2) is 60.7 Å². The van der Waals surface area contributed by atoms with E-state index in [9.17, 15) is 4.21 Å². The maximum Gasteiger partial charge on any atom is 0.137 e.